The molecule has 0 bridgehead atoms. The van der Waals surface area contributed by atoms with Crippen LogP contribution in [0.15, 0.2) is 60.8 Å². The summed E-state index contributed by atoms with van der Waals surface area (Å²) >= 11 is 0. The Morgan fingerprint density at radius 1 is 1.00 bits per heavy atom. The molecule has 6 rings (SSSR count). The van der Waals surface area contributed by atoms with Gasteiger partial charge in [-0.2, -0.15) is 13.2 Å². The van der Waals surface area contributed by atoms with E-state index in [9.17, 15) is 22.8 Å². The Kier molecular flexibility index (Phi) is 7.82. The molecule has 0 radical (unpaired) electrons. The Morgan fingerprint density at radius 2 is 1.72 bits per heavy atom. The number of methoxy groups -OCH3 is 1. The molecule has 0 saturated carbocycles. The summed E-state index contributed by atoms with van der Waals surface area (Å²) in [5, 5.41) is 0.869. The third kappa shape index (κ3) is 6.06. The highest BCUT2D eigenvalue weighted by Gasteiger charge is 2.40. The number of pyridine rings is 1. The zero-order valence-corrected chi connectivity index (χ0v) is 25.6. The minimum atomic E-state index is -4.78. The van der Waals surface area contributed by atoms with Gasteiger partial charge in [-0.25, -0.2) is 19.7 Å². The van der Waals surface area contributed by atoms with Crippen LogP contribution in [0.25, 0.3) is 33.2 Å². The Balaban J connectivity index is 1.36. The van der Waals surface area contributed by atoms with Crippen LogP contribution >= 0.6 is 0 Å². The number of rotatable bonds is 5. The molecular weight excluding hydrogens is 603 g/mol. The second-order valence-corrected chi connectivity index (χ2v) is 12.0. The first-order chi connectivity index (χ1) is 21.8. The molecule has 11 nitrogen and oxygen atoms in total. The number of ether oxygens (including phenoxy) is 2. The van der Waals surface area contributed by atoms with Gasteiger partial charge in [0.15, 0.2) is 0 Å². The Hall–Kier alpha value is -5.14. The molecule has 5 aromatic rings. The number of carbonyl (C=O) groups is 2. The Morgan fingerprint density at radius 3 is 2.43 bits per heavy atom. The fourth-order valence-electron chi connectivity index (χ4n) is 5.58. The van der Waals surface area contributed by atoms with Crippen LogP contribution in [-0.4, -0.2) is 78.6 Å². The molecule has 4 heterocycles. The number of hydrogen-bond acceptors (Lipinski definition) is 7. The second-order valence-electron chi connectivity index (χ2n) is 12.0. The zero-order chi connectivity index (χ0) is 32.8. The van der Waals surface area contributed by atoms with Crippen molar-refractivity contribution < 1.29 is 32.2 Å². The fourth-order valence-corrected chi connectivity index (χ4v) is 5.58. The third-order valence-electron chi connectivity index (χ3n) is 7.64. The normalized spacial score (nSPS) is 15.8. The van der Waals surface area contributed by atoms with Crippen LogP contribution in [0.3, 0.4) is 0 Å². The van der Waals surface area contributed by atoms with Crippen molar-refractivity contribution in [2.45, 2.75) is 45.1 Å². The number of nitrogens with zero attached hydrogens (tertiary/aromatic N) is 6. The number of alkyl halides is 3. The molecule has 3 aromatic heterocycles. The van der Waals surface area contributed by atoms with Crippen LogP contribution in [0.4, 0.5) is 18.0 Å². The number of H-pyrrole nitrogens is 1. The van der Waals surface area contributed by atoms with Crippen molar-refractivity contribution in [1.29, 1.82) is 0 Å². The molecule has 1 saturated heterocycles. The molecule has 1 aliphatic rings. The molecule has 1 N–H and O–H groups in total. The molecule has 2 aromatic carbocycles. The molecule has 14 heteroatoms. The van der Waals surface area contributed by atoms with Gasteiger partial charge < -0.3 is 28.8 Å². The number of nitrogens with one attached hydrogen (secondary N) is 1. The topological polar surface area (TPSA) is 118 Å². The molecule has 1 fully saturated rings. The van der Waals surface area contributed by atoms with E-state index in [1.807, 2.05) is 30.3 Å². The number of halogens is 3. The van der Waals surface area contributed by atoms with Crippen molar-refractivity contribution in [1.82, 2.24) is 34.3 Å². The summed E-state index contributed by atoms with van der Waals surface area (Å²) in [6.07, 6.45) is -3.78. The van der Waals surface area contributed by atoms with E-state index < -0.39 is 42.2 Å². The molecule has 0 unspecified atom stereocenters. The predicted molar refractivity (Wildman–Crippen MR) is 163 cm³/mol. The number of piperazine rings is 1. The number of para-hydroxylation sites is 3. The van der Waals surface area contributed by atoms with Crippen LogP contribution in [0, 0.1) is 0 Å². The van der Waals surface area contributed by atoms with Gasteiger partial charge in [-0.05, 0) is 45.0 Å². The molecule has 1 aliphatic heterocycles. The van der Waals surface area contributed by atoms with Gasteiger partial charge in [0.1, 0.15) is 24.0 Å². The van der Waals surface area contributed by atoms with E-state index in [2.05, 4.69) is 19.9 Å². The summed E-state index contributed by atoms with van der Waals surface area (Å²) in [6.45, 7) is 4.78. The van der Waals surface area contributed by atoms with Gasteiger partial charge in [0.25, 0.3) is 0 Å². The monoisotopic (exact) mass is 635 g/mol. The summed E-state index contributed by atoms with van der Waals surface area (Å²) in [5.41, 5.74) is 1.47. The van der Waals surface area contributed by atoms with E-state index in [0.717, 1.165) is 15.5 Å². The van der Waals surface area contributed by atoms with Gasteiger partial charge in [-0.15, -0.1) is 0 Å². The van der Waals surface area contributed by atoms with Gasteiger partial charge >= 0.3 is 12.3 Å². The average Bonchev–Trinajstić information content (AvgIpc) is 3.65. The number of hydrogen-bond donors (Lipinski definition) is 1. The minimum absolute atomic E-state index is 0.00246. The number of aromatic amines is 1. The molecule has 0 spiro atoms. The van der Waals surface area contributed by atoms with Crippen molar-refractivity contribution in [2.24, 2.45) is 0 Å². The standard InChI is InChI=1S/C32H32F3N7O4/c1-31(2,3)46-30(44)40-13-14-41(26(43)18-42-24-12-8-7-11-22(24)39-29(42)32(33,34)35)25(17-40)27-36-16-23(37-27)20-15-19-9-5-6-10-21(19)38-28(20)45-4/h5-12,15-16,25H,13-14,17-18H2,1-4H3,(H,36,37)/t25-/m0/s1. The lowest BCUT2D eigenvalue weighted by Crippen LogP contribution is -2.54. The lowest BCUT2D eigenvalue weighted by atomic mass is 10.1. The van der Waals surface area contributed by atoms with E-state index >= 15 is 0 Å². The van der Waals surface area contributed by atoms with Crippen molar-refractivity contribution in [2.75, 3.05) is 26.7 Å². The molecule has 0 aliphatic carbocycles. The lowest BCUT2D eigenvalue weighted by Gasteiger charge is -2.41. The first kappa shape index (κ1) is 30.9. The zero-order valence-electron chi connectivity index (χ0n) is 25.6. The van der Waals surface area contributed by atoms with Crippen LogP contribution in [-0.2, 0) is 22.3 Å². The highest BCUT2D eigenvalue weighted by molar-refractivity contribution is 5.85. The highest BCUT2D eigenvalue weighted by atomic mass is 19.4. The van der Waals surface area contributed by atoms with Crippen LogP contribution in [0.5, 0.6) is 5.88 Å². The van der Waals surface area contributed by atoms with Crippen molar-refractivity contribution in [3.63, 3.8) is 0 Å². The summed E-state index contributed by atoms with van der Waals surface area (Å²) in [5.74, 6) is -1.07. The van der Waals surface area contributed by atoms with E-state index in [0.29, 0.717) is 23.0 Å². The highest BCUT2D eigenvalue weighted by Crippen LogP contribution is 2.34. The van der Waals surface area contributed by atoms with Crippen molar-refractivity contribution in [3.8, 4) is 17.1 Å². The van der Waals surface area contributed by atoms with Gasteiger partial charge in [0.05, 0.1) is 47.7 Å². The first-order valence-electron chi connectivity index (χ1n) is 14.6. The quantitative estimate of drug-likeness (QED) is 0.259. The largest absolute Gasteiger partial charge is 0.480 e. The van der Waals surface area contributed by atoms with E-state index in [-0.39, 0.29) is 30.7 Å². The second kappa shape index (κ2) is 11.7. The molecule has 46 heavy (non-hydrogen) atoms. The molecule has 2 amide bonds. The minimum Gasteiger partial charge on any atom is -0.480 e. The number of benzene rings is 2. The number of carbonyl (C=O) groups excluding carboxylic acids is 2. The molecule has 1 atom stereocenters. The van der Waals surface area contributed by atoms with E-state index in [1.54, 1.807) is 39.1 Å². The lowest BCUT2D eigenvalue weighted by molar-refractivity contribution is -0.148. The number of aromatic nitrogens is 5. The fraction of sp³-hybridized carbons (Fsp3) is 0.344. The van der Waals surface area contributed by atoms with E-state index in [1.165, 1.54) is 29.0 Å². The summed E-state index contributed by atoms with van der Waals surface area (Å²) in [4.78, 5) is 46.1. The Bertz CT molecular complexity index is 1930. The molecule has 240 valence electrons. The maximum absolute atomic E-state index is 14.0. The number of imidazole rings is 2. The van der Waals surface area contributed by atoms with Gasteiger partial charge in [-0.3, -0.25) is 4.79 Å². The summed E-state index contributed by atoms with van der Waals surface area (Å²) < 4.78 is 54.1. The van der Waals surface area contributed by atoms with Gasteiger partial charge in [-0.1, -0.05) is 30.3 Å². The SMILES string of the molecule is COc1nc2ccccc2cc1-c1cnc([C@@H]2CN(C(=O)OC(C)(C)C)CCN2C(=O)Cn2c(C(F)(F)F)nc3ccccc32)[nH]1. The van der Waals surface area contributed by atoms with Crippen LogP contribution in [0.2, 0.25) is 0 Å². The van der Waals surface area contributed by atoms with Crippen molar-refractivity contribution in [3.05, 3.63) is 72.4 Å². The maximum atomic E-state index is 14.0. The van der Waals surface area contributed by atoms with Crippen LogP contribution < -0.4 is 4.74 Å². The Labute approximate surface area is 262 Å². The van der Waals surface area contributed by atoms with E-state index in [4.69, 9.17) is 9.47 Å². The van der Waals surface area contributed by atoms with Crippen molar-refractivity contribution >= 4 is 33.9 Å². The van der Waals surface area contributed by atoms with Gasteiger partial charge in [0, 0.05) is 18.5 Å². The number of amides is 2. The summed E-state index contributed by atoms with van der Waals surface area (Å²) in [7, 11) is 1.51. The third-order valence-corrected chi connectivity index (χ3v) is 7.64. The maximum Gasteiger partial charge on any atom is 0.449 e. The van der Waals surface area contributed by atoms with Gasteiger partial charge in [0.2, 0.25) is 17.6 Å². The number of fused-ring (bicyclic) bond motifs is 2. The smallest absolute Gasteiger partial charge is 0.449 e. The van der Waals surface area contributed by atoms with Crippen LogP contribution in [0.1, 0.15) is 38.5 Å². The average molecular weight is 636 g/mol. The summed E-state index contributed by atoms with van der Waals surface area (Å²) in [6, 6.07) is 14.8. The predicted octanol–water partition coefficient (Wildman–Crippen LogP) is 5.82. The molecular formula is C32H32F3N7O4. The first-order valence-corrected chi connectivity index (χ1v) is 14.6.